The standard InChI is InChI=1S/C24H40N6O2/c1-4-27-9-11-28(12-10-27)18-22-7-5-21(6-8-22)17-25-24(32)30-15-13-29(14-16-30)19-23(31)26-20(2)3/h5-8,20H,4,9-19H2,1-3H3,(H,25,32)(H,26,31). The second kappa shape index (κ2) is 12.2. The van der Waals surface area contributed by atoms with Gasteiger partial charge in [-0.1, -0.05) is 31.2 Å². The number of benzene rings is 1. The number of rotatable bonds is 8. The van der Waals surface area contributed by atoms with Crippen molar-refractivity contribution in [2.45, 2.75) is 39.9 Å². The molecule has 0 radical (unpaired) electrons. The van der Waals surface area contributed by atoms with Gasteiger partial charge in [0.25, 0.3) is 0 Å². The van der Waals surface area contributed by atoms with Crippen LogP contribution in [-0.4, -0.2) is 103 Å². The molecule has 0 bridgehead atoms. The van der Waals surface area contributed by atoms with E-state index in [1.807, 2.05) is 18.7 Å². The van der Waals surface area contributed by atoms with Crippen molar-refractivity contribution in [2.24, 2.45) is 0 Å². The lowest BCUT2D eigenvalue weighted by Crippen LogP contribution is -2.53. The zero-order valence-corrected chi connectivity index (χ0v) is 20.0. The molecule has 1 aromatic rings. The molecule has 2 heterocycles. The topological polar surface area (TPSA) is 71.2 Å². The van der Waals surface area contributed by atoms with Crippen molar-refractivity contribution >= 4 is 11.9 Å². The number of hydrogen-bond acceptors (Lipinski definition) is 5. The molecule has 2 N–H and O–H groups in total. The van der Waals surface area contributed by atoms with E-state index in [1.54, 1.807) is 0 Å². The molecule has 0 atom stereocenters. The molecule has 1 aromatic carbocycles. The average Bonchev–Trinajstić information content (AvgIpc) is 2.79. The minimum absolute atomic E-state index is 0.0332. The zero-order chi connectivity index (χ0) is 22.9. The van der Waals surface area contributed by atoms with Gasteiger partial charge in [0.1, 0.15) is 0 Å². The molecule has 32 heavy (non-hydrogen) atoms. The summed E-state index contributed by atoms with van der Waals surface area (Å²) in [5.74, 6) is 0.0459. The van der Waals surface area contributed by atoms with Gasteiger partial charge >= 0.3 is 6.03 Å². The van der Waals surface area contributed by atoms with Crippen molar-refractivity contribution in [1.29, 1.82) is 0 Å². The number of hydrogen-bond donors (Lipinski definition) is 2. The monoisotopic (exact) mass is 444 g/mol. The third-order valence-corrected chi connectivity index (χ3v) is 6.26. The largest absolute Gasteiger partial charge is 0.353 e. The molecule has 178 valence electrons. The van der Waals surface area contributed by atoms with Gasteiger partial charge in [0.05, 0.1) is 6.54 Å². The molecule has 8 nitrogen and oxygen atoms in total. The molecule has 2 saturated heterocycles. The lowest BCUT2D eigenvalue weighted by molar-refractivity contribution is -0.123. The van der Waals surface area contributed by atoms with E-state index < -0.39 is 0 Å². The van der Waals surface area contributed by atoms with Gasteiger partial charge in [-0.2, -0.15) is 0 Å². The molecule has 8 heteroatoms. The lowest BCUT2D eigenvalue weighted by atomic mass is 10.1. The van der Waals surface area contributed by atoms with Crippen molar-refractivity contribution in [1.82, 2.24) is 30.2 Å². The third kappa shape index (κ3) is 7.76. The van der Waals surface area contributed by atoms with Gasteiger partial charge in [-0.25, -0.2) is 4.79 Å². The number of piperazine rings is 2. The first kappa shape index (κ1) is 24.5. The Hall–Kier alpha value is -2.16. The summed E-state index contributed by atoms with van der Waals surface area (Å²) in [7, 11) is 0. The maximum Gasteiger partial charge on any atom is 0.317 e. The Bertz CT molecular complexity index is 723. The van der Waals surface area contributed by atoms with E-state index in [2.05, 4.69) is 56.5 Å². The summed E-state index contributed by atoms with van der Waals surface area (Å²) in [5.41, 5.74) is 2.43. The summed E-state index contributed by atoms with van der Waals surface area (Å²) in [6.07, 6.45) is 0. The van der Waals surface area contributed by atoms with Crippen LogP contribution in [0.5, 0.6) is 0 Å². The highest BCUT2D eigenvalue weighted by Crippen LogP contribution is 2.11. The number of urea groups is 1. The molecular formula is C24H40N6O2. The number of likely N-dealkylation sites (N-methyl/N-ethyl adjacent to an activating group) is 1. The minimum Gasteiger partial charge on any atom is -0.353 e. The fourth-order valence-corrected chi connectivity index (χ4v) is 4.25. The molecule has 0 aromatic heterocycles. The second-order valence-corrected chi connectivity index (χ2v) is 9.17. The Kier molecular flexibility index (Phi) is 9.32. The van der Waals surface area contributed by atoms with Crippen LogP contribution in [0.1, 0.15) is 31.9 Å². The Morgan fingerprint density at radius 1 is 0.844 bits per heavy atom. The highest BCUT2D eigenvalue weighted by molar-refractivity contribution is 5.78. The molecule has 0 aliphatic carbocycles. The summed E-state index contributed by atoms with van der Waals surface area (Å²) in [4.78, 5) is 33.4. The predicted octanol–water partition coefficient (Wildman–Crippen LogP) is 1.18. The first-order valence-corrected chi connectivity index (χ1v) is 12.0. The Balaban J connectivity index is 1.35. The molecular weight excluding hydrogens is 404 g/mol. The zero-order valence-electron chi connectivity index (χ0n) is 20.0. The molecule has 2 aliphatic heterocycles. The number of carbonyl (C=O) groups is 2. The number of nitrogens with one attached hydrogen (secondary N) is 2. The van der Waals surface area contributed by atoms with E-state index in [9.17, 15) is 9.59 Å². The third-order valence-electron chi connectivity index (χ3n) is 6.26. The fraction of sp³-hybridized carbons (Fsp3) is 0.667. The van der Waals surface area contributed by atoms with Crippen molar-refractivity contribution in [3.63, 3.8) is 0 Å². The maximum atomic E-state index is 12.5. The van der Waals surface area contributed by atoms with Crippen molar-refractivity contribution in [3.8, 4) is 0 Å². The number of nitrogens with zero attached hydrogens (tertiary/aromatic N) is 4. The first-order chi connectivity index (χ1) is 15.4. The van der Waals surface area contributed by atoms with E-state index >= 15 is 0 Å². The first-order valence-electron chi connectivity index (χ1n) is 12.0. The van der Waals surface area contributed by atoms with Gasteiger partial charge in [0, 0.05) is 71.5 Å². The van der Waals surface area contributed by atoms with Crippen LogP contribution in [0, 0.1) is 0 Å². The summed E-state index contributed by atoms with van der Waals surface area (Å²) in [6, 6.07) is 8.70. The predicted molar refractivity (Wildman–Crippen MR) is 127 cm³/mol. The maximum absolute atomic E-state index is 12.5. The van der Waals surface area contributed by atoms with Crippen LogP contribution in [0.15, 0.2) is 24.3 Å². The average molecular weight is 445 g/mol. The van der Waals surface area contributed by atoms with Gasteiger partial charge in [0.15, 0.2) is 0 Å². The Morgan fingerprint density at radius 2 is 1.41 bits per heavy atom. The van der Waals surface area contributed by atoms with Crippen molar-refractivity contribution in [3.05, 3.63) is 35.4 Å². The van der Waals surface area contributed by atoms with E-state index in [-0.39, 0.29) is 18.0 Å². The van der Waals surface area contributed by atoms with Crippen LogP contribution >= 0.6 is 0 Å². The summed E-state index contributed by atoms with van der Waals surface area (Å²) >= 11 is 0. The SMILES string of the molecule is CCN1CCN(Cc2ccc(CNC(=O)N3CCN(CC(=O)NC(C)C)CC3)cc2)CC1. The Labute approximate surface area is 192 Å². The molecule has 3 amide bonds. The summed E-state index contributed by atoms with van der Waals surface area (Å²) in [5, 5.41) is 5.95. The molecule has 3 rings (SSSR count). The van der Waals surface area contributed by atoms with E-state index in [1.165, 1.54) is 5.56 Å². The normalized spacial score (nSPS) is 18.7. The quantitative estimate of drug-likeness (QED) is 0.630. The fourth-order valence-electron chi connectivity index (χ4n) is 4.25. The highest BCUT2D eigenvalue weighted by atomic mass is 16.2. The van der Waals surface area contributed by atoms with E-state index in [0.29, 0.717) is 26.2 Å². The number of carbonyl (C=O) groups excluding carboxylic acids is 2. The van der Waals surface area contributed by atoms with Gasteiger partial charge in [0.2, 0.25) is 5.91 Å². The van der Waals surface area contributed by atoms with E-state index in [0.717, 1.165) is 57.9 Å². The van der Waals surface area contributed by atoms with Crippen molar-refractivity contribution < 1.29 is 9.59 Å². The van der Waals surface area contributed by atoms with Crippen LogP contribution < -0.4 is 10.6 Å². The van der Waals surface area contributed by atoms with Crippen LogP contribution in [0.3, 0.4) is 0 Å². The summed E-state index contributed by atoms with van der Waals surface area (Å²) < 4.78 is 0. The van der Waals surface area contributed by atoms with Crippen molar-refractivity contribution in [2.75, 3.05) is 65.4 Å². The van der Waals surface area contributed by atoms with E-state index in [4.69, 9.17) is 0 Å². The molecule has 2 aliphatic rings. The van der Waals surface area contributed by atoms with Crippen LogP contribution in [0.2, 0.25) is 0 Å². The number of amides is 3. The molecule has 0 saturated carbocycles. The Morgan fingerprint density at radius 3 is 2.00 bits per heavy atom. The van der Waals surface area contributed by atoms with Gasteiger partial charge in [-0.05, 0) is 31.5 Å². The minimum atomic E-state index is -0.0332. The van der Waals surface area contributed by atoms with Gasteiger partial charge in [-0.15, -0.1) is 0 Å². The van der Waals surface area contributed by atoms with Gasteiger partial charge in [-0.3, -0.25) is 14.6 Å². The second-order valence-electron chi connectivity index (χ2n) is 9.17. The van der Waals surface area contributed by atoms with Crippen LogP contribution in [-0.2, 0) is 17.9 Å². The highest BCUT2D eigenvalue weighted by Gasteiger charge is 2.22. The van der Waals surface area contributed by atoms with Crippen LogP contribution in [0.25, 0.3) is 0 Å². The molecule has 0 spiro atoms. The summed E-state index contributed by atoms with van der Waals surface area (Å²) in [6.45, 7) is 16.5. The van der Waals surface area contributed by atoms with Crippen LogP contribution in [0.4, 0.5) is 4.79 Å². The van der Waals surface area contributed by atoms with Gasteiger partial charge < -0.3 is 20.4 Å². The smallest absolute Gasteiger partial charge is 0.317 e. The lowest BCUT2D eigenvalue weighted by Gasteiger charge is -2.34. The molecule has 2 fully saturated rings. The molecule has 0 unspecified atom stereocenters.